The molecule has 0 bridgehead atoms. The average molecular weight is 380 g/mol. The first kappa shape index (κ1) is 19.2. The Bertz CT molecular complexity index is 994. The highest BCUT2D eigenvalue weighted by atomic mass is 16.5. The number of hydrogen-bond donors (Lipinski definition) is 0. The van der Waals surface area contributed by atoms with Crippen LogP contribution in [0.25, 0.3) is 11.5 Å². The first-order chi connectivity index (χ1) is 13.5. The second kappa shape index (κ2) is 7.96. The van der Waals surface area contributed by atoms with Gasteiger partial charge in [0.15, 0.2) is 0 Å². The Labute approximate surface area is 162 Å². The number of hydrogen-bond acceptors (Lipinski definition) is 7. The minimum atomic E-state index is -0.675. The van der Waals surface area contributed by atoms with Crippen LogP contribution in [-0.2, 0) is 19.1 Å². The van der Waals surface area contributed by atoms with Crippen LogP contribution in [0.3, 0.4) is 0 Å². The van der Waals surface area contributed by atoms with E-state index in [1.807, 2.05) is 32.0 Å². The molecule has 1 aliphatic rings. The summed E-state index contributed by atoms with van der Waals surface area (Å²) in [5.74, 6) is -0.200. The molecule has 7 heteroatoms. The van der Waals surface area contributed by atoms with E-state index in [0.717, 1.165) is 5.69 Å². The number of oxazole rings is 1. The van der Waals surface area contributed by atoms with Crippen molar-refractivity contribution in [2.75, 3.05) is 19.1 Å². The number of para-hydroxylation sites is 1. The third kappa shape index (κ3) is 3.46. The van der Waals surface area contributed by atoms with Crippen molar-refractivity contribution in [3.8, 4) is 11.5 Å². The molecule has 0 amide bonds. The normalized spacial score (nSPS) is 13.5. The highest BCUT2D eigenvalue weighted by Crippen LogP contribution is 2.35. The van der Waals surface area contributed by atoms with Gasteiger partial charge in [0, 0.05) is 6.20 Å². The molecule has 0 saturated carbocycles. The number of carbonyl (C=O) groups is 2. The second-order valence-corrected chi connectivity index (χ2v) is 5.99. The van der Waals surface area contributed by atoms with E-state index in [4.69, 9.17) is 13.9 Å². The van der Waals surface area contributed by atoms with E-state index in [1.165, 1.54) is 20.3 Å². The number of methoxy groups -OCH3 is 2. The number of rotatable bonds is 4. The molecule has 3 rings (SSSR count). The molecule has 1 aromatic carbocycles. The fourth-order valence-electron chi connectivity index (χ4n) is 2.80. The topological polar surface area (TPSA) is 81.9 Å². The van der Waals surface area contributed by atoms with Crippen molar-refractivity contribution < 1.29 is 23.5 Å². The molecule has 0 fully saturated rings. The van der Waals surface area contributed by atoms with Gasteiger partial charge in [-0.2, -0.15) is 0 Å². The van der Waals surface area contributed by atoms with Gasteiger partial charge < -0.3 is 18.8 Å². The molecule has 0 saturated heterocycles. The van der Waals surface area contributed by atoms with Gasteiger partial charge in [-0.1, -0.05) is 18.2 Å². The van der Waals surface area contributed by atoms with E-state index in [2.05, 4.69) is 4.98 Å². The standard InChI is InChI=1S/C21H20N2O5/c1-13-14(2)28-19(22-13)15-9-5-6-11-17(15)23-12-8-7-10-16(20(24)26-3)18(23)21(25)27-4/h5-12H,1-4H3. The summed E-state index contributed by atoms with van der Waals surface area (Å²) < 4.78 is 15.6. The molecule has 2 aromatic rings. The van der Waals surface area contributed by atoms with Crippen molar-refractivity contribution in [3.05, 3.63) is 71.4 Å². The van der Waals surface area contributed by atoms with Crippen LogP contribution in [-0.4, -0.2) is 31.1 Å². The van der Waals surface area contributed by atoms with Gasteiger partial charge in [0.1, 0.15) is 11.5 Å². The summed E-state index contributed by atoms with van der Waals surface area (Å²) in [6.07, 6.45) is 6.54. The highest BCUT2D eigenvalue weighted by molar-refractivity contribution is 6.06. The maximum Gasteiger partial charge on any atom is 0.355 e. The third-order valence-corrected chi connectivity index (χ3v) is 4.31. The molecule has 0 atom stereocenters. The summed E-state index contributed by atoms with van der Waals surface area (Å²) in [6, 6.07) is 7.30. The van der Waals surface area contributed by atoms with Crippen LogP contribution >= 0.6 is 0 Å². The van der Waals surface area contributed by atoms with Crippen molar-refractivity contribution in [2.45, 2.75) is 13.8 Å². The summed E-state index contributed by atoms with van der Waals surface area (Å²) in [4.78, 5) is 30.9. The number of ether oxygens (including phenoxy) is 2. The molecule has 0 aliphatic carbocycles. The largest absolute Gasteiger partial charge is 0.465 e. The number of anilines is 1. The Hall–Kier alpha value is -3.61. The second-order valence-electron chi connectivity index (χ2n) is 5.99. The van der Waals surface area contributed by atoms with E-state index in [0.29, 0.717) is 22.9 Å². The molecule has 0 radical (unpaired) electrons. The van der Waals surface area contributed by atoms with Crippen LogP contribution in [0.5, 0.6) is 0 Å². The molecule has 0 unspecified atom stereocenters. The number of allylic oxidation sites excluding steroid dienone is 2. The first-order valence-corrected chi connectivity index (χ1v) is 8.56. The summed E-state index contributed by atoms with van der Waals surface area (Å²) in [7, 11) is 2.51. The van der Waals surface area contributed by atoms with Crippen molar-refractivity contribution in [1.82, 2.24) is 4.98 Å². The Morgan fingerprint density at radius 1 is 1.04 bits per heavy atom. The maximum atomic E-state index is 12.6. The molecule has 28 heavy (non-hydrogen) atoms. The molecule has 7 nitrogen and oxygen atoms in total. The number of benzene rings is 1. The van der Waals surface area contributed by atoms with E-state index in [9.17, 15) is 9.59 Å². The lowest BCUT2D eigenvalue weighted by Crippen LogP contribution is -2.27. The number of nitrogens with zero attached hydrogens (tertiary/aromatic N) is 2. The van der Waals surface area contributed by atoms with Crippen LogP contribution in [0.1, 0.15) is 11.5 Å². The molecule has 1 aromatic heterocycles. The summed E-state index contributed by atoms with van der Waals surface area (Å²) in [5, 5.41) is 0. The Kier molecular flexibility index (Phi) is 5.44. The zero-order chi connectivity index (χ0) is 20.3. The zero-order valence-corrected chi connectivity index (χ0v) is 16.1. The summed E-state index contributed by atoms with van der Waals surface area (Å²) in [6.45, 7) is 3.69. The molecular formula is C21H20N2O5. The molecule has 2 heterocycles. The van der Waals surface area contributed by atoms with Gasteiger partial charge in [0.25, 0.3) is 0 Å². The number of aryl methyl sites for hydroxylation is 2. The van der Waals surface area contributed by atoms with Crippen LogP contribution < -0.4 is 4.90 Å². The smallest absolute Gasteiger partial charge is 0.355 e. The fourth-order valence-corrected chi connectivity index (χ4v) is 2.80. The SMILES string of the molecule is COC(=O)C1=C(C(=O)OC)N(c2ccccc2-c2nc(C)c(C)o2)C=CC=C1. The highest BCUT2D eigenvalue weighted by Gasteiger charge is 2.29. The lowest BCUT2D eigenvalue weighted by Gasteiger charge is -2.24. The number of esters is 2. The van der Waals surface area contributed by atoms with Gasteiger partial charge in [0.05, 0.1) is 36.7 Å². The van der Waals surface area contributed by atoms with Gasteiger partial charge in [-0.3, -0.25) is 0 Å². The Morgan fingerprint density at radius 3 is 2.39 bits per heavy atom. The predicted molar refractivity (Wildman–Crippen MR) is 103 cm³/mol. The number of aromatic nitrogens is 1. The summed E-state index contributed by atoms with van der Waals surface area (Å²) >= 11 is 0. The van der Waals surface area contributed by atoms with E-state index in [1.54, 1.807) is 29.3 Å². The van der Waals surface area contributed by atoms with Gasteiger partial charge in [-0.05, 0) is 38.1 Å². The van der Waals surface area contributed by atoms with Gasteiger partial charge >= 0.3 is 11.9 Å². The van der Waals surface area contributed by atoms with Gasteiger partial charge in [0.2, 0.25) is 5.89 Å². The fraction of sp³-hybridized carbons (Fsp3) is 0.190. The van der Waals surface area contributed by atoms with E-state index >= 15 is 0 Å². The molecular weight excluding hydrogens is 360 g/mol. The Balaban J connectivity index is 2.24. The number of carbonyl (C=O) groups excluding carboxylic acids is 2. The average Bonchev–Trinajstić information content (AvgIpc) is 2.92. The molecule has 0 spiro atoms. The van der Waals surface area contributed by atoms with Gasteiger partial charge in [-0.15, -0.1) is 0 Å². The van der Waals surface area contributed by atoms with Crippen molar-refractivity contribution in [1.29, 1.82) is 0 Å². The van der Waals surface area contributed by atoms with Gasteiger partial charge in [-0.25, -0.2) is 14.6 Å². The minimum Gasteiger partial charge on any atom is -0.465 e. The summed E-state index contributed by atoms with van der Waals surface area (Å²) in [5.41, 5.74) is 2.15. The molecule has 0 N–H and O–H groups in total. The third-order valence-electron chi connectivity index (χ3n) is 4.31. The van der Waals surface area contributed by atoms with Crippen molar-refractivity contribution in [3.63, 3.8) is 0 Å². The van der Waals surface area contributed by atoms with E-state index in [-0.39, 0.29) is 11.3 Å². The van der Waals surface area contributed by atoms with Crippen LogP contribution in [0.2, 0.25) is 0 Å². The Morgan fingerprint density at radius 2 is 1.75 bits per heavy atom. The quantitative estimate of drug-likeness (QED) is 0.752. The minimum absolute atomic E-state index is 0.0341. The van der Waals surface area contributed by atoms with E-state index < -0.39 is 11.9 Å². The maximum absolute atomic E-state index is 12.6. The first-order valence-electron chi connectivity index (χ1n) is 8.56. The van der Waals surface area contributed by atoms with Crippen LogP contribution in [0.15, 0.2) is 64.4 Å². The molecule has 144 valence electrons. The predicted octanol–water partition coefficient (Wildman–Crippen LogP) is 3.45. The van der Waals surface area contributed by atoms with Crippen LogP contribution in [0, 0.1) is 13.8 Å². The molecule has 1 aliphatic heterocycles. The van der Waals surface area contributed by atoms with Crippen molar-refractivity contribution in [2.24, 2.45) is 0 Å². The lowest BCUT2D eigenvalue weighted by molar-refractivity contribution is -0.139. The monoisotopic (exact) mass is 380 g/mol. The lowest BCUT2D eigenvalue weighted by atomic mass is 10.1. The zero-order valence-electron chi connectivity index (χ0n) is 16.1. The van der Waals surface area contributed by atoms with Crippen LogP contribution in [0.4, 0.5) is 5.69 Å². The van der Waals surface area contributed by atoms with Crippen molar-refractivity contribution >= 4 is 17.6 Å².